The van der Waals surface area contributed by atoms with Gasteiger partial charge in [0.25, 0.3) is 0 Å². The lowest BCUT2D eigenvalue weighted by Gasteiger charge is -2.30. The average Bonchev–Trinajstić information content (AvgIpc) is 2.66. The molecular weight excluding hydrogens is 298 g/mol. The van der Waals surface area contributed by atoms with Gasteiger partial charge in [0, 0.05) is 17.0 Å². The number of aryl methyl sites for hydroxylation is 1. The van der Waals surface area contributed by atoms with Gasteiger partial charge in [-0.2, -0.15) is 0 Å². The predicted molar refractivity (Wildman–Crippen MR) is 76.5 cm³/mol. The van der Waals surface area contributed by atoms with Gasteiger partial charge in [-0.1, -0.05) is 13.8 Å². The van der Waals surface area contributed by atoms with Gasteiger partial charge in [0.15, 0.2) is 0 Å². The molecule has 17 heavy (non-hydrogen) atoms. The summed E-state index contributed by atoms with van der Waals surface area (Å²) in [6.07, 6.45) is 3.63. The largest absolute Gasteiger partial charge is 0.395 e. The van der Waals surface area contributed by atoms with E-state index in [4.69, 9.17) is 0 Å². The quantitative estimate of drug-likeness (QED) is 0.891. The van der Waals surface area contributed by atoms with Crippen molar-refractivity contribution in [1.29, 1.82) is 0 Å². The number of nitrogens with one attached hydrogen (secondary N) is 1. The third-order valence-corrected chi connectivity index (χ3v) is 5.21. The molecule has 1 unspecified atom stereocenters. The molecule has 96 valence electrons. The Balaban J connectivity index is 2.12. The zero-order chi connectivity index (χ0) is 12.4. The molecule has 2 N–H and O–H groups in total. The van der Waals surface area contributed by atoms with E-state index in [1.807, 2.05) is 11.3 Å². The van der Waals surface area contributed by atoms with Gasteiger partial charge in [-0.05, 0) is 52.7 Å². The molecule has 0 radical (unpaired) electrons. The van der Waals surface area contributed by atoms with Crippen molar-refractivity contribution in [3.63, 3.8) is 0 Å². The van der Waals surface area contributed by atoms with Crippen LogP contribution in [-0.4, -0.2) is 17.8 Å². The van der Waals surface area contributed by atoms with E-state index in [0.29, 0.717) is 12.0 Å². The first-order valence-electron chi connectivity index (χ1n) is 6.26. The highest BCUT2D eigenvalue weighted by atomic mass is 79.9. The minimum atomic E-state index is 0.199. The molecule has 0 saturated heterocycles. The van der Waals surface area contributed by atoms with Crippen molar-refractivity contribution in [1.82, 2.24) is 5.32 Å². The zero-order valence-corrected chi connectivity index (χ0v) is 12.8. The van der Waals surface area contributed by atoms with Crippen LogP contribution in [0.25, 0.3) is 0 Å². The summed E-state index contributed by atoms with van der Waals surface area (Å²) < 4.78 is 1.22. The van der Waals surface area contributed by atoms with Gasteiger partial charge in [-0.25, -0.2) is 0 Å². The van der Waals surface area contributed by atoms with E-state index < -0.39 is 0 Å². The summed E-state index contributed by atoms with van der Waals surface area (Å²) in [6.45, 7) is 4.52. The maximum atomic E-state index is 9.41. The Kier molecular flexibility index (Phi) is 4.64. The normalized spacial score (nSPS) is 21.6. The van der Waals surface area contributed by atoms with Crippen LogP contribution in [0.1, 0.15) is 43.2 Å². The molecule has 0 aromatic carbocycles. The van der Waals surface area contributed by atoms with E-state index in [1.165, 1.54) is 33.5 Å². The molecule has 1 heterocycles. The summed E-state index contributed by atoms with van der Waals surface area (Å²) in [5, 5.41) is 13.0. The van der Waals surface area contributed by atoms with Gasteiger partial charge in [0.1, 0.15) is 0 Å². The third kappa shape index (κ3) is 3.11. The van der Waals surface area contributed by atoms with Gasteiger partial charge < -0.3 is 10.4 Å². The fourth-order valence-electron chi connectivity index (χ4n) is 2.41. The molecule has 1 aromatic rings. The Hall–Kier alpha value is 0.100. The van der Waals surface area contributed by atoms with E-state index in [0.717, 1.165) is 0 Å². The van der Waals surface area contributed by atoms with Crippen molar-refractivity contribution in [2.75, 3.05) is 6.61 Å². The van der Waals surface area contributed by atoms with Crippen LogP contribution in [-0.2, 0) is 6.42 Å². The van der Waals surface area contributed by atoms with Crippen molar-refractivity contribution in [3.8, 4) is 0 Å². The fraction of sp³-hybridized carbons (Fsp3) is 0.692. The van der Waals surface area contributed by atoms with Crippen molar-refractivity contribution < 1.29 is 5.11 Å². The van der Waals surface area contributed by atoms with Crippen LogP contribution in [0, 0.1) is 5.92 Å². The highest BCUT2D eigenvalue weighted by Crippen LogP contribution is 2.38. The van der Waals surface area contributed by atoms with E-state index in [-0.39, 0.29) is 12.6 Å². The fourth-order valence-corrected chi connectivity index (χ4v) is 4.23. The first-order valence-corrected chi connectivity index (χ1v) is 7.87. The van der Waals surface area contributed by atoms with Gasteiger partial charge >= 0.3 is 0 Å². The maximum absolute atomic E-state index is 9.41. The molecule has 0 aliphatic heterocycles. The van der Waals surface area contributed by atoms with Crippen LogP contribution in [0.2, 0.25) is 0 Å². The molecule has 0 fully saturated rings. The Morgan fingerprint density at radius 2 is 2.35 bits per heavy atom. The number of rotatable bonds is 4. The van der Waals surface area contributed by atoms with Crippen molar-refractivity contribution in [2.24, 2.45) is 5.92 Å². The smallest absolute Gasteiger partial charge is 0.0704 e. The lowest BCUT2D eigenvalue weighted by molar-refractivity contribution is 0.195. The van der Waals surface area contributed by atoms with Crippen molar-refractivity contribution >= 4 is 27.3 Å². The first-order chi connectivity index (χ1) is 8.11. The third-order valence-electron chi connectivity index (χ3n) is 3.50. The monoisotopic (exact) mass is 317 g/mol. The zero-order valence-electron chi connectivity index (χ0n) is 10.4. The summed E-state index contributed by atoms with van der Waals surface area (Å²) in [6, 6.07) is 2.86. The second-order valence-corrected chi connectivity index (χ2v) is 7.59. The molecule has 0 saturated carbocycles. The summed E-state index contributed by atoms with van der Waals surface area (Å²) >= 11 is 5.42. The second-order valence-electron chi connectivity index (χ2n) is 5.07. The molecule has 2 atom stereocenters. The predicted octanol–water partition coefficient (Wildman–Crippen LogP) is 3.49. The summed E-state index contributed by atoms with van der Waals surface area (Å²) in [4.78, 5) is 1.50. The Labute approximate surface area is 116 Å². The minimum Gasteiger partial charge on any atom is -0.395 e. The standard InChI is InChI=1S/C13H20BrNOS/c1-8(2)11(7-16)15-10-4-3-5-12-9(10)6-13(14)17-12/h6,8,10-11,15-16H,3-5,7H2,1-2H3/t10?,11-/m1/s1. The molecule has 1 aliphatic carbocycles. The molecule has 2 nitrogen and oxygen atoms in total. The number of fused-ring (bicyclic) bond motifs is 1. The number of aliphatic hydroxyl groups is 1. The lowest BCUT2D eigenvalue weighted by atomic mass is 9.92. The molecule has 0 bridgehead atoms. The van der Waals surface area contributed by atoms with Gasteiger partial charge in [0.05, 0.1) is 10.4 Å². The number of hydrogen-bond acceptors (Lipinski definition) is 3. The Morgan fingerprint density at radius 1 is 1.59 bits per heavy atom. The summed E-state index contributed by atoms with van der Waals surface area (Å²) in [5.41, 5.74) is 1.44. The average molecular weight is 318 g/mol. The topological polar surface area (TPSA) is 32.3 Å². The first kappa shape index (κ1) is 13.5. The molecule has 1 aromatic heterocycles. The Bertz CT molecular complexity index is 377. The van der Waals surface area contributed by atoms with Crippen molar-refractivity contribution in [3.05, 3.63) is 20.3 Å². The summed E-state index contributed by atoms with van der Waals surface area (Å²) in [7, 11) is 0. The van der Waals surface area contributed by atoms with Gasteiger partial charge in [-0.3, -0.25) is 0 Å². The molecule has 1 aliphatic rings. The number of thiophene rings is 1. The second kappa shape index (κ2) is 5.83. The van der Waals surface area contributed by atoms with Crippen LogP contribution in [0.3, 0.4) is 0 Å². The van der Waals surface area contributed by atoms with E-state index in [9.17, 15) is 5.11 Å². The van der Waals surface area contributed by atoms with Gasteiger partial charge in [0.2, 0.25) is 0 Å². The van der Waals surface area contributed by atoms with Crippen molar-refractivity contribution in [2.45, 2.75) is 45.2 Å². The minimum absolute atomic E-state index is 0.199. The molecule has 2 rings (SSSR count). The highest BCUT2D eigenvalue weighted by molar-refractivity contribution is 9.11. The summed E-state index contributed by atoms with van der Waals surface area (Å²) in [5.74, 6) is 0.465. The number of hydrogen-bond donors (Lipinski definition) is 2. The number of halogens is 1. The molecule has 0 spiro atoms. The lowest BCUT2D eigenvalue weighted by Crippen LogP contribution is -2.40. The van der Waals surface area contributed by atoms with Gasteiger partial charge in [-0.15, -0.1) is 11.3 Å². The molecule has 0 amide bonds. The van der Waals surface area contributed by atoms with Crippen LogP contribution in [0.5, 0.6) is 0 Å². The number of aliphatic hydroxyl groups excluding tert-OH is 1. The van der Waals surface area contributed by atoms with E-state index in [2.05, 4.69) is 41.2 Å². The molecular formula is C13H20BrNOS. The maximum Gasteiger partial charge on any atom is 0.0704 e. The van der Waals surface area contributed by atoms with Crippen LogP contribution >= 0.6 is 27.3 Å². The van der Waals surface area contributed by atoms with E-state index >= 15 is 0 Å². The van der Waals surface area contributed by atoms with E-state index in [1.54, 1.807) is 0 Å². The SMILES string of the molecule is CC(C)[C@@H](CO)NC1CCCc2sc(Br)cc21. The van der Waals surface area contributed by atoms with Crippen LogP contribution in [0.4, 0.5) is 0 Å². The Morgan fingerprint density at radius 3 is 3.00 bits per heavy atom. The highest BCUT2D eigenvalue weighted by Gasteiger charge is 2.25. The van der Waals surface area contributed by atoms with Crippen LogP contribution in [0.15, 0.2) is 9.85 Å². The van der Waals surface area contributed by atoms with Crippen LogP contribution < -0.4 is 5.32 Å². The molecule has 4 heteroatoms.